The molecule has 0 bridgehead atoms. The molecular formula is C13H16N6O2. The maximum atomic E-state index is 12.1. The summed E-state index contributed by atoms with van der Waals surface area (Å²) in [6, 6.07) is 3.30. The van der Waals surface area contributed by atoms with Gasteiger partial charge in [-0.1, -0.05) is 5.16 Å². The number of anilines is 2. The second-order valence-corrected chi connectivity index (χ2v) is 4.78. The molecule has 1 N–H and O–H groups in total. The Kier molecular flexibility index (Phi) is 3.67. The van der Waals surface area contributed by atoms with Crippen molar-refractivity contribution >= 4 is 17.8 Å². The summed E-state index contributed by atoms with van der Waals surface area (Å²) in [5, 5.41) is 6.47. The SMILES string of the molecule is Cc1cc(NC(=O)N2CCN(c3ncccn3)CC2)no1. The summed E-state index contributed by atoms with van der Waals surface area (Å²) in [6.45, 7) is 4.41. The first-order chi connectivity index (χ1) is 10.2. The first kappa shape index (κ1) is 13.3. The summed E-state index contributed by atoms with van der Waals surface area (Å²) >= 11 is 0. The number of nitrogens with one attached hydrogen (secondary N) is 1. The summed E-state index contributed by atoms with van der Waals surface area (Å²) in [5.41, 5.74) is 0. The van der Waals surface area contributed by atoms with E-state index in [1.165, 1.54) is 0 Å². The quantitative estimate of drug-likeness (QED) is 0.891. The zero-order valence-corrected chi connectivity index (χ0v) is 11.7. The monoisotopic (exact) mass is 288 g/mol. The highest BCUT2D eigenvalue weighted by Gasteiger charge is 2.22. The zero-order chi connectivity index (χ0) is 14.7. The van der Waals surface area contributed by atoms with E-state index in [-0.39, 0.29) is 6.03 Å². The van der Waals surface area contributed by atoms with Crippen LogP contribution in [0.25, 0.3) is 0 Å². The minimum atomic E-state index is -0.170. The lowest BCUT2D eigenvalue weighted by Crippen LogP contribution is -2.50. The molecule has 1 saturated heterocycles. The molecule has 1 aliphatic rings. The molecule has 2 amide bonds. The van der Waals surface area contributed by atoms with Gasteiger partial charge in [-0.05, 0) is 13.0 Å². The molecule has 1 aliphatic heterocycles. The molecule has 3 heterocycles. The van der Waals surface area contributed by atoms with Gasteiger partial charge in [0.15, 0.2) is 5.82 Å². The van der Waals surface area contributed by atoms with Crippen molar-refractivity contribution in [2.75, 3.05) is 36.4 Å². The second-order valence-electron chi connectivity index (χ2n) is 4.78. The Morgan fingerprint density at radius 2 is 1.95 bits per heavy atom. The van der Waals surface area contributed by atoms with Crippen LogP contribution in [0, 0.1) is 6.92 Å². The average Bonchev–Trinajstić information content (AvgIpc) is 2.93. The molecule has 110 valence electrons. The predicted octanol–water partition coefficient (Wildman–Crippen LogP) is 1.13. The van der Waals surface area contributed by atoms with Gasteiger partial charge in [0.25, 0.3) is 0 Å². The number of amides is 2. The summed E-state index contributed by atoms with van der Waals surface area (Å²) in [5.74, 6) is 1.80. The standard InChI is InChI=1S/C13H16N6O2/c1-10-9-11(17-21-10)16-13(20)19-7-5-18(6-8-19)12-14-3-2-4-15-12/h2-4,9H,5-8H2,1H3,(H,16,17,20). The number of carbonyl (C=O) groups excluding carboxylic acids is 1. The molecule has 0 unspecified atom stereocenters. The van der Waals surface area contributed by atoms with E-state index in [9.17, 15) is 4.79 Å². The lowest BCUT2D eigenvalue weighted by atomic mass is 10.3. The Morgan fingerprint density at radius 3 is 2.57 bits per heavy atom. The van der Waals surface area contributed by atoms with Gasteiger partial charge < -0.3 is 14.3 Å². The van der Waals surface area contributed by atoms with Crippen LogP contribution < -0.4 is 10.2 Å². The minimum absolute atomic E-state index is 0.170. The number of urea groups is 1. The summed E-state index contributed by atoms with van der Waals surface area (Å²) in [6.07, 6.45) is 3.43. The summed E-state index contributed by atoms with van der Waals surface area (Å²) < 4.78 is 4.92. The number of aromatic nitrogens is 3. The Hall–Kier alpha value is -2.64. The molecule has 0 atom stereocenters. The number of hydrogen-bond acceptors (Lipinski definition) is 6. The van der Waals surface area contributed by atoms with Crippen LogP contribution in [0.4, 0.5) is 16.6 Å². The van der Waals surface area contributed by atoms with Crippen molar-refractivity contribution in [3.63, 3.8) is 0 Å². The van der Waals surface area contributed by atoms with Gasteiger partial charge in [-0.2, -0.15) is 0 Å². The highest BCUT2D eigenvalue weighted by Crippen LogP contribution is 2.12. The Labute approximate surface area is 121 Å². The zero-order valence-electron chi connectivity index (χ0n) is 11.7. The van der Waals surface area contributed by atoms with E-state index < -0.39 is 0 Å². The molecule has 0 saturated carbocycles. The van der Waals surface area contributed by atoms with Gasteiger partial charge in [0, 0.05) is 44.6 Å². The van der Waals surface area contributed by atoms with Gasteiger partial charge in [0.1, 0.15) is 5.76 Å². The molecule has 0 aliphatic carbocycles. The Bertz CT molecular complexity index is 606. The molecular weight excluding hydrogens is 272 g/mol. The third kappa shape index (κ3) is 3.10. The number of nitrogens with zero attached hydrogens (tertiary/aromatic N) is 5. The number of rotatable bonds is 2. The predicted molar refractivity (Wildman–Crippen MR) is 76.1 cm³/mol. The van der Waals surface area contributed by atoms with Crippen LogP contribution in [0.3, 0.4) is 0 Å². The lowest BCUT2D eigenvalue weighted by Gasteiger charge is -2.34. The van der Waals surface area contributed by atoms with Crippen LogP contribution in [-0.2, 0) is 0 Å². The van der Waals surface area contributed by atoms with Crippen LogP contribution >= 0.6 is 0 Å². The van der Waals surface area contributed by atoms with E-state index in [4.69, 9.17) is 4.52 Å². The molecule has 0 aromatic carbocycles. The second kappa shape index (κ2) is 5.78. The topological polar surface area (TPSA) is 87.4 Å². The smallest absolute Gasteiger partial charge is 0.323 e. The fraction of sp³-hybridized carbons (Fsp3) is 0.385. The highest BCUT2D eigenvalue weighted by molar-refractivity contribution is 5.88. The van der Waals surface area contributed by atoms with E-state index >= 15 is 0 Å². The Balaban J connectivity index is 1.54. The number of hydrogen-bond donors (Lipinski definition) is 1. The van der Waals surface area contributed by atoms with Crippen molar-refractivity contribution in [2.45, 2.75) is 6.92 Å². The van der Waals surface area contributed by atoms with Gasteiger partial charge in [0.2, 0.25) is 5.95 Å². The van der Waals surface area contributed by atoms with Gasteiger partial charge in [-0.25, -0.2) is 14.8 Å². The number of piperazine rings is 1. The van der Waals surface area contributed by atoms with Crippen LogP contribution in [0.2, 0.25) is 0 Å². The van der Waals surface area contributed by atoms with Crippen molar-refractivity contribution in [3.8, 4) is 0 Å². The Morgan fingerprint density at radius 1 is 1.24 bits per heavy atom. The molecule has 2 aromatic heterocycles. The first-order valence-corrected chi connectivity index (χ1v) is 6.73. The lowest BCUT2D eigenvalue weighted by molar-refractivity contribution is 0.207. The normalized spacial score (nSPS) is 15.1. The summed E-state index contributed by atoms with van der Waals surface area (Å²) in [4.78, 5) is 24.3. The largest absolute Gasteiger partial charge is 0.360 e. The van der Waals surface area contributed by atoms with E-state index in [2.05, 4.69) is 25.3 Å². The van der Waals surface area contributed by atoms with Crippen molar-refractivity contribution in [1.29, 1.82) is 0 Å². The molecule has 21 heavy (non-hydrogen) atoms. The highest BCUT2D eigenvalue weighted by atomic mass is 16.5. The van der Waals surface area contributed by atoms with Crippen molar-refractivity contribution in [1.82, 2.24) is 20.0 Å². The third-order valence-electron chi connectivity index (χ3n) is 3.26. The molecule has 8 nitrogen and oxygen atoms in total. The molecule has 2 aromatic rings. The van der Waals surface area contributed by atoms with Crippen molar-refractivity contribution in [3.05, 3.63) is 30.3 Å². The fourth-order valence-corrected chi connectivity index (χ4v) is 2.18. The molecule has 0 radical (unpaired) electrons. The van der Waals surface area contributed by atoms with Crippen LogP contribution in [0.5, 0.6) is 0 Å². The fourth-order valence-electron chi connectivity index (χ4n) is 2.18. The van der Waals surface area contributed by atoms with Crippen molar-refractivity contribution in [2.24, 2.45) is 0 Å². The molecule has 1 fully saturated rings. The van der Waals surface area contributed by atoms with Crippen LogP contribution in [0.1, 0.15) is 5.76 Å². The number of carbonyl (C=O) groups is 1. The van der Waals surface area contributed by atoms with Gasteiger partial charge in [-0.3, -0.25) is 5.32 Å². The summed E-state index contributed by atoms with van der Waals surface area (Å²) in [7, 11) is 0. The van der Waals surface area contributed by atoms with Crippen LogP contribution in [-0.4, -0.2) is 52.2 Å². The van der Waals surface area contributed by atoms with Gasteiger partial charge in [0.05, 0.1) is 0 Å². The molecule has 3 rings (SSSR count). The number of aryl methyl sites for hydroxylation is 1. The van der Waals surface area contributed by atoms with Gasteiger partial charge >= 0.3 is 6.03 Å². The molecule has 8 heteroatoms. The van der Waals surface area contributed by atoms with E-state index in [1.807, 2.05) is 0 Å². The van der Waals surface area contributed by atoms with Crippen LogP contribution in [0.15, 0.2) is 29.0 Å². The van der Waals surface area contributed by atoms with Gasteiger partial charge in [-0.15, -0.1) is 0 Å². The first-order valence-electron chi connectivity index (χ1n) is 6.73. The maximum absolute atomic E-state index is 12.1. The van der Waals surface area contributed by atoms with Crippen molar-refractivity contribution < 1.29 is 9.32 Å². The minimum Gasteiger partial charge on any atom is -0.360 e. The molecule has 0 spiro atoms. The van der Waals surface area contributed by atoms with E-state index in [0.29, 0.717) is 43.7 Å². The third-order valence-corrected chi connectivity index (χ3v) is 3.26. The van der Waals surface area contributed by atoms with E-state index in [1.54, 1.807) is 36.4 Å². The van der Waals surface area contributed by atoms with E-state index in [0.717, 1.165) is 0 Å². The average molecular weight is 288 g/mol. The maximum Gasteiger partial charge on any atom is 0.323 e.